The number of aromatic nitrogens is 2. The predicted molar refractivity (Wildman–Crippen MR) is 117 cm³/mol. The van der Waals surface area contributed by atoms with Crippen molar-refractivity contribution < 1.29 is 9.53 Å². The molecule has 1 amide bonds. The van der Waals surface area contributed by atoms with Gasteiger partial charge >= 0.3 is 5.69 Å². The molecule has 30 heavy (non-hydrogen) atoms. The molecule has 4 N–H and O–H groups in total. The molecule has 0 saturated carbocycles. The molecular formula is C19H26N6O4S. The Labute approximate surface area is 177 Å². The number of carbonyl (C=O) groups excluding carboxylic acids is 1. The van der Waals surface area contributed by atoms with Crippen molar-refractivity contribution in [2.45, 2.75) is 32.7 Å². The Morgan fingerprint density at radius 1 is 1.43 bits per heavy atom. The predicted octanol–water partition coefficient (Wildman–Crippen LogP) is 1.33. The van der Waals surface area contributed by atoms with Crippen LogP contribution in [0.2, 0.25) is 0 Å². The molecule has 2 rings (SSSR count). The van der Waals surface area contributed by atoms with Crippen LogP contribution in [0.5, 0.6) is 0 Å². The highest BCUT2D eigenvalue weighted by molar-refractivity contribution is 7.14. The lowest BCUT2D eigenvalue weighted by molar-refractivity contribution is -0.116. The second kappa shape index (κ2) is 11.2. The Morgan fingerprint density at radius 2 is 2.20 bits per heavy atom. The van der Waals surface area contributed by atoms with Gasteiger partial charge in [0, 0.05) is 33.2 Å². The Bertz CT molecular complexity index is 1020. The van der Waals surface area contributed by atoms with E-state index in [0.29, 0.717) is 30.3 Å². The van der Waals surface area contributed by atoms with Crippen LogP contribution in [-0.4, -0.2) is 42.3 Å². The average Bonchev–Trinajstić information content (AvgIpc) is 3.16. The van der Waals surface area contributed by atoms with E-state index in [4.69, 9.17) is 15.7 Å². The molecule has 0 aliphatic carbocycles. The van der Waals surface area contributed by atoms with Crippen molar-refractivity contribution >= 4 is 33.8 Å². The fourth-order valence-corrected chi connectivity index (χ4v) is 3.63. The first kappa shape index (κ1) is 23.2. The number of H-pyrrole nitrogens is 1. The molecule has 0 radical (unpaired) electrons. The zero-order valence-electron chi connectivity index (χ0n) is 17.1. The van der Waals surface area contributed by atoms with Crippen LogP contribution in [-0.2, 0) is 16.1 Å². The number of nitrogens with two attached hydrogens (primary N) is 1. The van der Waals surface area contributed by atoms with Gasteiger partial charge in [-0.15, -0.1) is 11.3 Å². The minimum absolute atomic E-state index is 0.0550. The van der Waals surface area contributed by atoms with Crippen LogP contribution >= 0.6 is 11.3 Å². The molecule has 0 aliphatic heterocycles. The fourth-order valence-electron chi connectivity index (χ4n) is 2.88. The summed E-state index contributed by atoms with van der Waals surface area (Å²) < 4.78 is 6.45. The number of hydrogen-bond acceptors (Lipinski definition) is 8. The quantitative estimate of drug-likeness (QED) is 0.483. The highest BCUT2D eigenvalue weighted by Crippen LogP contribution is 2.22. The van der Waals surface area contributed by atoms with Crippen molar-refractivity contribution in [1.29, 1.82) is 5.26 Å². The van der Waals surface area contributed by atoms with E-state index < -0.39 is 11.2 Å². The van der Waals surface area contributed by atoms with Gasteiger partial charge in [0.15, 0.2) is 0 Å². The van der Waals surface area contributed by atoms with Gasteiger partial charge in [-0.1, -0.05) is 13.3 Å². The third kappa shape index (κ3) is 5.71. The highest BCUT2D eigenvalue weighted by Gasteiger charge is 2.20. The SMILES string of the molecule is CCCCn1c(N)c(N(CCOC)CCC(=O)Nc2sccc2C#N)c(=O)[nH]c1=O. The third-order valence-electron chi connectivity index (χ3n) is 4.48. The Hall–Kier alpha value is -3.10. The maximum atomic E-state index is 12.5. The van der Waals surface area contributed by atoms with Gasteiger partial charge in [0.05, 0.1) is 12.2 Å². The summed E-state index contributed by atoms with van der Waals surface area (Å²) in [4.78, 5) is 41.0. The summed E-state index contributed by atoms with van der Waals surface area (Å²) in [6.45, 7) is 3.17. The molecule has 0 saturated heterocycles. The van der Waals surface area contributed by atoms with Gasteiger partial charge in [0.1, 0.15) is 22.6 Å². The monoisotopic (exact) mass is 434 g/mol. The number of nitrogens with one attached hydrogen (secondary N) is 2. The molecule has 0 atom stereocenters. The van der Waals surface area contributed by atoms with Crippen LogP contribution < -0.4 is 27.2 Å². The number of hydrogen-bond donors (Lipinski definition) is 3. The zero-order valence-corrected chi connectivity index (χ0v) is 17.9. The average molecular weight is 435 g/mol. The largest absolute Gasteiger partial charge is 0.383 e. The number of amides is 1. The van der Waals surface area contributed by atoms with E-state index >= 15 is 0 Å². The van der Waals surface area contributed by atoms with Crippen LogP contribution in [0.1, 0.15) is 31.7 Å². The summed E-state index contributed by atoms with van der Waals surface area (Å²) in [5, 5.41) is 14.0. The Kier molecular flexibility index (Phi) is 8.64. The summed E-state index contributed by atoms with van der Waals surface area (Å²) in [6.07, 6.45) is 1.65. The topological polar surface area (TPSA) is 146 Å². The number of aromatic amines is 1. The van der Waals surface area contributed by atoms with Crippen molar-refractivity contribution in [2.24, 2.45) is 0 Å². The number of nitriles is 1. The van der Waals surface area contributed by atoms with E-state index in [1.165, 1.54) is 23.0 Å². The van der Waals surface area contributed by atoms with Crippen LogP contribution in [0.3, 0.4) is 0 Å². The molecule has 162 valence electrons. The maximum Gasteiger partial charge on any atom is 0.330 e. The number of ether oxygens (including phenoxy) is 1. The maximum absolute atomic E-state index is 12.5. The molecule has 2 heterocycles. The van der Waals surface area contributed by atoms with Crippen molar-refractivity contribution in [3.05, 3.63) is 37.8 Å². The van der Waals surface area contributed by atoms with E-state index in [1.807, 2.05) is 13.0 Å². The van der Waals surface area contributed by atoms with Crippen LogP contribution in [0, 0.1) is 11.3 Å². The molecule has 10 nitrogen and oxygen atoms in total. The van der Waals surface area contributed by atoms with Gasteiger partial charge in [0.25, 0.3) is 5.56 Å². The number of nitrogens with zero attached hydrogens (tertiary/aromatic N) is 3. The Morgan fingerprint density at radius 3 is 2.87 bits per heavy atom. The number of anilines is 3. The van der Waals surface area contributed by atoms with Gasteiger partial charge < -0.3 is 20.7 Å². The van der Waals surface area contributed by atoms with Crippen molar-refractivity contribution in [3.63, 3.8) is 0 Å². The first-order chi connectivity index (χ1) is 14.4. The van der Waals surface area contributed by atoms with Gasteiger partial charge in [-0.2, -0.15) is 5.26 Å². The van der Waals surface area contributed by atoms with E-state index in [2.05, 4.69) is 10.3 Å². The summed E-state index contributed by atoms with van der Waals surface area (Å²) in [6, 6.07) is 3.65. The molecule has 0 fully saturated rings. The second-order valence-electron chi connectivity index (χ2n) is 6.55. The summed E-state index contributed by atoms with van der Waals surface area (Å²) in [5.74, 6) is -0.232. The summed E-state index contributed by atoms with van der Waals surface area (Å²) in [5.41, 5.74) is 5.56. The van der Waals surface area contributed by atoms with Gasteiger partial charge in [-0.3, -0.25) is 19.1 Å². The molecule has 11 heteroatoms. The van der Waals surface area contributed by atoms with E-state index in [1.54, 1.807) is 16.3 Å². The zero-order chi connectivity index (χ0) is 22.1. The van der Waals surface area contributed by atoms with E-state index in [-0.39, 0.29) is 30.4 Å². The van der Waals surface area contributed by atoms with Crippen molar-refractivity contribution in [3.8, 4) is 6.07 Å². The normalized spacial score (nSPS) is 10.6. The summed E-state index contributed by atoms with van der Waals surface area (Å²) in [7, 11) is 1.53. The lowest BCUT2D eigenvalue weighted by Crippen LogP contribution is -2.40. The van der Waals surface area contributed by atoms with Crippen LogP contribution in [0.15, 0.2) is 21.0 Å². The molecular weight excluding hydrogens is 408 g/mol. The lowest BCUT2D eigenvalue weighted by Gasteiger charge is -2.25. The number of thiophene rings is 1. The second-order valence-corrected chi connectivity index (χ2v) is 7.47. The molecule has 0 aliphatic rings. The van der Waals surface area contributed by atoms with E-state index in [0.717, 1.165) is 12.8 Å². The number of methoxy groups -OCH3 is 1. The number of unbranched alkanes of at least 4 members (excludes halogenated alkanes) is 1. The number of rotatable bonds is 11. The van der Waals surface area contributed by atoms with Gasteiger partial charge in [-0.25, -0.2) is 4.79 Å². The van der Waals surface area contributed by atoms with Crippen LogP contribution in [0.4, 0.5) is 16.5 Å². The molecule has 0 aromatic carbocycles. The fraction of sp³-hybridized carbons (Fsp3) is 0.474. The Balaban J connectivity index is 2.23. The number of carbonyl (C=O) groups is 1. The lowest BCUT2D eigenvalue weighted by atomic mass is 10.3. The van der Waals surface area contributed by atoms with E-state index in [9.17, 15) is 14.4 Å². The van der Waals surface area contributed by atoms with Crippen LogP contribution in [0.25, 0.3) is 0 Å². The summed E-state index contributed by atoms with van der Waals surface area (Å²) >= 11 is 1.26. The smallest absolute Gasteiger partial charge is 0.330 e. The minimum atomic E-state index is -0.605. The van der Waals surface area contributed by atoms with Gasteiger partial charge in [0.2, 0.25) is 5.91 Å². The molecule has 2 aromatic heterocycles. The highest BCUT2D eigenvalue weighted by atomic mass is 32.1. The molecule has 0 spiro atoms. The first-order valence-corrected chi connectivity index (χ1v) is 10.4. The molecule has 2 aromatic rings. The van der Waals surface area contributed by atoms with Crippen molar-refractivity contribution in [1.82, 2.24) is 9.55 Å². The van der Waals surface area contributed by atoms with Crippen molar-refractivity contribution in [2.75, 3.05) is 42.8 Å². The number of nitrogen functional groups attached to an aromatic ring is 1. The molecule has 0 bridgehead atoms. The van der Waals surface area contributed by atoms with Gasteiger partial charge in [-0.05, 0) is 17.9 Å². The first-order valence-electron chi connectivity index (χ1n) is 9.56. The standard InChI is InChI=1S/C19H26N6O4S/c1-3-4-7-25-16(21)15(17(27)23-19(25)28)24(9-10-29-2)8-5-14(26)22-18-13(12-20)6-11-30-18/h6,11H,3-5,7-10,21H2,1-2H3,(H,22,26)(H,23,27,28). The molecule has 0 unspecified atom stereocenters. The third-order valence-corrected chi connectivity index (χ3v) is 5.31. The minimum Gasteiger partial charge on any atom is -0.383 e.